The van der Waals surface area contributed by atoms with Gasteiger partial charge in [0.1, 0.15) is 10.6 Å². The highest BCUT2D eigenvalue weighted by atomic mass is 35.5. The Morgan fingerprint density at radius 3 is 2.46 bits per heavy atom. The molecule has 5 N–H and O–H groups in total. The van der Waals surface area contributed by atoms with Crippen molar-refractivity contribution in [3.8, 4) is 5.75 Å². The van der Waals surface area contributed by atoms with Crippen molar-refractivity contribution in [3.63, 3.8) is 0 Å². The van der Waals surface area contributed by atoms with Crippen LogP contribution in [0, 0.1) is 0 Å². The quantitative estimate of drug-likeness (QED) is 0.309. The molecule has 3 aromatic rings. The number of halogens is 1. The van der Waals surface area contributed by atoms with Crippen molar-refractivity contribution in [2.75, 3.05) is 13.7 Å². The van der Waals surface area contributed by atoms with Gasteiger partial charge >= 0.3 is 0 Å². The first-order chi connectivity index (χ1) is 16.7. The number of methoxy groups -OCH3 is 1. The predicted molar refractivity (Wildman–Crippen MR) is 135 cm³/mol. The number of hydrogen-bond acceptors (Lipinski definition) is 6. The van der Waals surface area contributed by atoms with Gasteiger partial charge in [0.05, 0.1) is 24.3 Å². The summed E-state index contributed by atoms with van der Waals surface area (Å²) in [6, 6.07) is 20.2. The summed E-state index contributed by atoms with van der Waals surface area (Å²) in [6.45, 7) is 0.702. The number of nitrogens with two attached hydrogens (primary N) is 1. The van der Waals surface area contributed by atoms with E-state index in [1.807, 2.05) is 54.6 Å². The molecular formula is C25H28ClN3O5S. The van der Waals surface area contributed by atoms with Crippen LogP contribution in [0.4, 0.5) is 0 Å². The van der Waals surface area contributed by atoms with Crippen LogP contribution in [0.2, 0.25) is 5.02 Å². The Balaban J connectivity index is 1.73. The van der Waals surface area contributed by atoms with Crippen LogP contribution in [0.5, 0.6) is 5.75 Å². The van der Waals surface area contributed by atoms with Gasteiger partial charge in [0.2, 0.25) is 10.0 Å². The normalized spacial score (nSPS) is 13.1. The molecule has 0 bridgehead atoms. The number of nitrogens with one attached hydrogen (secondary N) is 2. The van der Waals surface area contributed by atoms with Crippen molar-refractivity contribution in [2.45, 2.75) is 30.0 Å². The molecule has 0 aliphatic heterocycles. The van der Waals surface area contributed by atoms with Crippen LogP contribution < -0.4 is 20.5 Å². The zero-order valence-electron chi connectivity index (χ0n) is 19.1. The topological polar surface area (TPSA) is 131 Å². The standard InChI is InChI=1S/C25H28ClN3O5S/c1-34-20-9-5-8-18(12-20)15-28-16-23(30)22(13-17-6-3-2-4-7-17)29-25(31)19-10-11-21(26)24(14-19)35(27,32)33/h2-12,14,22-23,28,30H,13,15-16H2,1H3,(H,29,31)(H2,27,32,33)/t22-,23?/m0/s1. The highest BCUT2D eigenvalue weighted by Gasteiger charge is 2.24. The summed E-state index contributed by atoms with van der Waals surface area (Å²) in [5.74, 6) is 0.181. The summed E-state index contributed by atoms with van der Waals surface area (Å²) in [4.78, 5) is 12.6. The van der Waals surface area contributed by atoms with Crippen LogP contribution in [0.25, 0.3) is 0 Å². The molecule has 3 aromatic carbocycles. The number of amides is 1. The van der Waals surface area contributed by atoms with Crippen molar-refractivity contribution in [2.24, 2.45) is 5.14 Å². The van der Waals surface area contributed by atoms with E-state index in [0.717, 1.165) is 22.9 Å². The van der Waals surface area contributed by atoms with Gasteiger partial charge in [0.15, 0.2) is 0 Å². The first-order valence-electron chi connectivity index (χ1n) is 10.9. The molecule has 0 aliphatic carbocycles. The summed E-state index contributed by atoms with van der Waals surface area (Å²) < 4.78 is 28.8. The Bertz CT molecular complexity index is 1250. The minimum Gasteiger partial charge on any atom is -0.497 e. The Morgan fingerprint density at radius 2 is 1.77 bits per heavy atom. The third kappa shape index (κ3) is 7.78. The molecule has 0 aromatic heterocycles. The van der Waals surface area contributed by atoms with E-state index in [9.17, 15) is 18.3 Å². The van der Waals surface area contributed by atoms with E-state index in [4.69, 9.17) is 21.5 Å². The fourth-order valence-corrected chi connectivity index (χ4v) is 4.63. The lowest BCUT2D eigenvalue weighted by atomic mass is 10.0. The second-order valence-corrected chi connectivity index (χ2v) is 9.95. The van der Waals surface area contributed by atoms with Crippen LogP contribution in [-0.4, -0.2) is 45.2 Å². The van der Waals surface area contributed by atoms with Gasteiger partial charge in [0.25, 0.3) is 5.91 Å². The molecule has 0 spiro atoms. The SMILES string of the molecule is COc1cccc(CNCC(O)[C@H](Cc2ccccc2)NC(=O)c2ccc(Cl)c(S(N)(=O)=O)c2)c1. The summed E-state index contributed by atoms with van der Waals surface area (Å²) in [5.41, 5.74) is 1.97. The molecule has 10 heteroatoms. The van der Waals surface area contributed by atoms with Gasteiger partial charge in [-0.1, -0.05) is 54.1 Å². The second kappa shape index (κ2) is 12.1. The van der Waals surface area contributed by atoms with Gasteiger partial charge in [-0.2, -0.15) is 0 Å². The lowest BCUT2D eigenvalue weighted by molar-refractivity contribution is 0.0829. The molecule has 8 nitrogen and oxygen atoms in total. The van der Waals surface area contributed by atoms with Crippen LogP contribution in [0.1, 0.15) is 21.5 Å². The highest BCUT2D eigenvalue weighted by Crippen LogP contribution is 2.22. The van der Waals surface area contributed by atoms with Crippen molar-refractivity contribution < 1.29 is 23.1 Å². The summed E-state index contributed by atoms with van der Waals surface area (Å²) in [5, 5.41) is 22.1. The molecule has 1 unspecified atom stereocenters. The second-order valence-electron chi connectivity index (χ2n) is 8.01. The van der Waals surface area contributed by atoms with Crippen LogP contribution >= 0.6 is 11.6 Å². The Hall–Kier alpha value is -2.95. The molecule has 0 saturated heterocycles. The van der Waals surface area contributed by atoms with E-state index in [0.29, 0.717) is 13.0 Å². The number of aliphatic hydroxyl groups excluding tert-OH is 1. The maximum Gasteiger partial charge on any atom is 0.251 e. The van der Waals surface area contributed by atoms with Crippen molar-refractivity contribution >= 4 is 27.5 Å². The maximum atomic E-state index is 13.0. The molecule has 0 heterocycles. The van der Waals surface area contributed by atoms with Crippen LogP contribution in [0.15, 0.2) is 77.7 Å². The van der Waals surface area contributed by atoms with Crippen molar-refractivity contribution in [3.05, 3.63) is 94.5 Å². The molecule has 0 aliphatic rings. The van der Waals surface area contributed by atoms with Gasteiger partial charge in [0, 0.05) is 18.7 Å². The molecular weight excluding hydrogens is 490 g/mol. The number of benzene rings is 3. The largest absolute Gasteiger partial charge is 0.497 e. The maximum absolute atomic E-state index is 13.0. The zero-order chi connectivity index (χ0) is 25.4. The first-order valence-corrected chi connectivity index (χ1v) is 12.8. The lowest BCUT2D eigenvalue weighted by Crippen LogP contribution is -2.48. The number of carbonyl (C=O) groups excluding carboxylic acids is 1. The smallest absolute Gasteiger partial charge is 0.251 e. The van der Waals surface area contributed by atoms with E-state index in [-0.39, 0.29) is 22.0 Å². The van der Waals surface area contributed by atoms with Crippen molar-refractivity contribution in [1.29, 1.82) is 0 Å². The summed E-state index contributed by atoms with van der Waals surface area (Å²) in [7, 11) is -2.51. The number of ether oxygens (including phenoxy) is 1. The molecule has 1 amide bonds. The Labute approximate surface area is 210 Å². The number of sulfonamides is 1. The van der Waals surface area contributed by atoms with Gasteiger partial charge in [-0.05, 0) is 47.9 Å². The van der Waals surface area contributed by atoms with E-state index >= 15 is 0 Å². The fraction of sp³-hybridized carbons (Fsp3) is 0.240. The number of aliphatic hydroxyl groups is 1. The van der Waals surface area contributed by atoms with E-state index < -0.39 is 28.1 Å². The zero-order valence-corrected chi connectivity index (χ0v) is 20.7. The molecule has 3 rings (SSSR count). The lowest BCUT2D eigenvalue weighted by Gasteiger charge is -2.25. The average Bonchev–Trinajstić information content (AvgIpc) is 2.83. The predicted octanol–water partition coefficient (Wildman–Crippen LogP) is 2.49. The van der Waals surface area contributed by atoms with Crippen LogP contribution in [-0.2, 0) is 23.0 Å². The van der Waals surface area contributed by atoms with Gasteiger partial charge in [-0.25, -0.2) is 13.6 Å². The van der Waals surface area contributed by atoms with E-state index in [1.54, 1.807) is 7.11 Å². The number of primary sulfonamides is 1. The number of hydrogen-bond donors (Lipinski definition) is 4. The molecule has 0 radical (unpaired) electrons. The molecule has 35 heavy (non-hydrogen) atoms. The van der Waals surface area contributed by atoms with E-state index in [1.165, 1.54) is 12.1 Å². The minimum atomic E-state index is -4.11. The molecule has 2 atom stereocenters. The third-order valence-electron chi connectivity index (χ3n) is 5.40. The minimum absolute atomic E-state index is 0.0630. The highest BCUT2D eigenvalue weighted by molar-refractivity contribution is 7.89. The molecule has 186 valence electrons. The average molecular weight is 518 g/mol. The molecule has 0 saturated carbocycles. The van der Waals surface area contributed by atoms with E-state index in [2.05, 4.69) is 10.6 Å². The Kier molecular flexibility index (Phi) is 9.25. The first kappa shape index (κ1) is 26.7. The fourth-order valence-electron chi connectivity index (χ4n) is 3.55. The van der Waals surface area contributed by atoms with Gasteiger partial charge in [-0.15, -0.1) is 0 Å². The van der Waals surface area contributed by atoms with Gasteiger partial charge in [-0.3, -0.25) is 4.79 Å². The summed E-state index contributed by atoms with van der Waals surface area (Å²) in [6.07, 6.45) is -0.570. The monoisotopic (exact) mass is 517 g/mol. The van der Waals surface area contributed by atoms with Gasteiger partial charge < -0.3 is 20.5 Å². The Morgan fingerprint density at radius 1 is 1.06 bits per heavy atom. The van der Waals surface area contributed by atoms with Crippen molar-refractivity contribution in [1.82, 2.24) is 10.6 Å². The summed E-state index contributed by atoms with van der Waals surface area (Å²) >= 11 is 5.93. The number of rotatable bonds is 11. The number of carbonyl (C=O) groups is 1. The third-order valence-corrected chi connectivity index (χ3v) is 6.79. The molecule has 0 fully saturated rings. The van der Waals surface area contributed by atoms with Crippen LogP contribution in [0.3, 0.4) is 0 Å².